The predicted molar refractivity (Wildman–Crippen MR) is 147 cm³/mol. The number of aromatic nitrogens is 1. The first-order valence-electron chi connectivity index (χ1n) is 10.7. The van der Waals surface area contributed by atoms with Crippen LogP contribution in [0.1, 0.15) is 12.6 Å². The van der Waals surface area contributed by atoms with Gasteiger partial charge in [-0.2, -0.15) is 5.10 Å². The summed E-state index contributed by atoms with van der Waals surface area (Å²) in [5, 5.41) is 27.7. The summed E-state index contributed by atoms with van der Waals surface area (Å²) >= 11 is 5.06. The van der Waals surface area contributed by atoms with Gasteiger partial charge in [0.2, 0.25) is 5.91 Å². The van der Waals surface area contributed by atoms with Gasteiger partial charge in [0.1, 0.15) is 29.9 Å². The standard InChI is InChI=1S/C20H22N8O6S4/c1-8(29)22-19-27(2)25-20(38-19)35-5-4-9-6-36-16-12(15(31)28(16)13(9)17(32)33)24-14(30)11(26-34-3)10-7-37-18(21)23-10/h4-5,7,12,16,19H,6H2,1-3H3,(H2,21,23)(H,22,29)(H,24,30)(H,32,33). The highest BCUT2D eigenvalue weighted by molar-refractivity contribution is 8.40. The first kappa shape index (κ1) is 27.8. The van der Waals surface area contributed by atoms with E-state index in [9.17, 15) is 24.3 Å². The molecule has 0 bridgehead atoms. The largest absolute Gasteiger partial charge is 0.477 e. The fourth-order valence-corrected chi connectivity index (χ4v) is 7.42. The van der Waals surface area contributed by atoms with Gasteiger partial charge in [-0.3, -0.25) is 24.3 Å². The molecule has 14 nitrogen and oxygen atoms in total. The summed E-state index contributed by atoms with van der Waals surface area (Å²) in [4.78, 5) is 59.2. The second-order valence-electron chi connectivity index (χ2n) is 7.76. The highest BCUT2D eigenvalue weighted by atomic mass is 32.2. The van der Waals surface area contributed by atoms with Crippen LogP contribution in [-0.2, 0) is 24.0 Å². The van der Waals surface area contributed by atoms with E-state index in [4.69, 9.17) is 10.6 Å². The van der Waals surface area contributed by atoms with Crippen LogP contribution in [-0.4, -0.2) is 90.6 Å². The zero-order valence-corrected chi connectivity index (χ0v) is 23.4. The number of carboxylic acids is 1. The van der Waals surface area contributed by atoms with Crippen LogP contribution in [0.4, 0.5) is 5.13 Å². The number of hydrogen-bond acceptors (Lipinski definition) is 14. The maximum atomic E-state index is 13.0. The number of carbonyl (C=O) groups excluding carboxylic acids is 3. The van der Waals surface area contributed by atoms with Crippen molar-refractivity contribution in [1.29, 1.82) is 0 Å². The lowest BCUT2D eigenvalue weighted by molar-refractivity contribution is -0.150. The number of hydrogen-bond donors (Lipinski definition) is 4. The van der Waals surface area contributed by atoms with Crippen molar-refractivity contribution in [3.63, 3.8) is 0 Å². The van der Waals surface area contributed by atoms with Crippen molar-refractivity contribution in [2.24, 2.45) is 10.3 Å². The third-order valence-corrected chi connectivity index (χ3v) is 9.24. The molecule has 3 amide bonds. The monoisotopic (exact) mass is 598 g/mol. The molecule has 18 heteroatoms. The third-order valence-electron chi connectivity index (χ3n) is 5.21. The van der Waals surface area contributed by atoms with Gasteiger partial charge in [-0.1, -0.05) is 16.9 Å². The lowest BCUT2D eigenvalue weighted by Crippen LogP contribution is -2.71. The number of nitrogen functional groups attached to an aromatic ring is 1. The molecule has 0 aliphatic carbocycles. The highest BCUT2D eigenvalue weighted by Gasteiger charge is 2.54. The maximum absolute atomic E-state index is 13.0. The minimum atomic E-state index is -1.25. The van der Waals surface area contributed by atoms with Gasteiger partial charge in [0.15, 0.2) is 20.7 Å². The number of thioether (sulfide) groups is 3. The van der Waals surface area contributed by atoms with Gasteiger partial charge in [-0.05, 0) is 28.8 Å². The summed E-state index contributed by atoms with van der Waals surface area (Å²) in [7, 11) is 3.00. The Hall–Kier alpha value is -3.22. The summed E-state index contributed by atoms with van der Waals surface area (Å²) in [6.45, 7) is 1.42. The molecule has 0 radical (unpaired) electrons. The van der Waals surface area contributed by atoms with Crippen LogP contribution < -0.4 is 16.4 Å². The van der Waals surface area contributed by atoms with E-state index in [1.165, 1.54) is 59.6 Å². The molecule has 1 aromatic rings. The summed E-state index contributed by atoms with van der Waals surface area (Å²) in [5.74, 6) is -2.39. The average molecular weight is 599 g/mol. The summed E-state index contributed by atoms with van der Waals surface area (Å²) in [5.41, 5.74) is 5.66. The van der Waals surface area contributed by atoms with Gasteiger partial charge in [0.05, 0.1) is 0 Å². The van der Waals surface area contributed by atoms with Crippen LogP contribution in [0, 0.1) is 0 Å². The molecule has 4 heterocycles. The summed E-state index contributed by atoms with van der Waals surface area (Å²) in [6.07, 6.45) is 1.63. The number of hydrazone groups is 1. The van der Waals surface area contributed by atoms with E-state index in [2.05, 4.69) is 25.9 Å². The van der Waals surface area contributed by atoms with Gasteiger partial charge >= 0.3 is 5.97 Å². The van der Waals surface area contributed by atoms with Crippen molar-refractivity contribution in [1.82, 2.24) is 25.5 Å². The molecule has 1 saturated heterocycles. The second kappa shape index (κ2) is 11.7. The Balaban J connectivity index is 1.44. The highest BCUT2D eigenvalue weighted by Crippen LogP contribution is 2.41. The van der Waals surface area contributed by atoms with Gasteiger partial charge in [-0.15, -0.1) is 23.1 Å². The van der Waals surface area contributed by atoms with Gasteiger partial charge in [-0.25, -0.2) is 9.78 Å². The molecule has 3 atom stereocenters. The summed E-state index contributed by atoms with van der Waals surface area (Å²) in [6, 6.07) is -0.953. The Kier molecular flexibility index (Phi) is 8.54. The Bertz CT molecular complexity index is 1290. The van der Waals surface area contributed by atoms with Crippen molar-refractivity contribution in [2.45, 2.75) is 23.8 Å². The number of anilines is 1. The number of fused-ring (bicyclic) bond motifs is 1. The fraction of sp³-hybridized carbons (Fsp3) is 0.350. The van der Waals surface area contributed by atoms with Crippen LogP contribution in [0.5, 0.6) is 0 Å². The minimum absolute atomic E-state index is 0.145. The van der Waals surface area contributed by atoms with Crippen molar-refractivity contribution < 1.29 is 29.1 Å². The quantitative estimate of drug-likeness (QED) is 0.184. The zero-order chi connectivity index (χ0) is 27.6. The molecule has 0 saturated carbocycles. The predicted octanol–water partition coefficient (Wildman–Crippen LogP) is 0.431. The van der Waals surface area contributed by atoms with Crippen LogP contribution in [0.2, 0.25) is 0 Å². The lowest BCUT2D eigenvalue weighted by atomic mass is 10.0. The van der Waals surface area contributed by atoms with E-state index in [-0.39, 0.29) is 33.6 Å². The molecule has 3 aliphatic heterocycles. The number of thiazole rings is 1. The molecule has 0 aromatic carbocycles. The Morgan fingerprint density at radius 1 is 1.37 bits per heavy atom. The van der Waals surface area contributed by atoms with E-state index in [0.717, 1.165) is 11.3 Å². The molecule has 5 N–H and O–H groups in total. The molecule has 3 aliphatic rings. The van der Waals surface area contributed by atoms with E-state index in [0.29, 0.717) is 15.7 Å². The first-order chi connectivity index (χ1) is 18.1. The number of amides is 3. The Morgan fingerprint density at radius 3 is 2.76 bits per heavy atom. The van der Waals surface area contributed by atoms with Crippen molar-refractivity contribution in [3.05, 3.63) is 33.8 Å². The second-order valence-corrected chi connectivity index (χ2v) is 12.0. The normalized spacial score (nSPS) is 23.2. The van der Waals surface area contributed by atoms with E-state index >= 15 is 0 Å². The Labute approximate surface area is 233 Å². The van der Waals surface area contributed by atoms with Crippen molar-refractivity contribution in [2.75, 3.05) is 25.6 Å². The number of nitrogens with zero attached hydrogens (tertiary/aromatic N) is 5. The first-order valence-corrected chi connectivity index (χ1v) is 14.4. The molecule has 1 fully saturated rings. The smallest absolute Gasteiger partial charge is 0.352 e. The number of carboxylic acid groups (broad SMARTS) is 1. The number of carbonyl (C=O) groups is 4. The minimum Gasteiger partial charge on any atom is -0.477 e. The maximum Gasteiger partial charge on any atom is 0.352 e. The number of aliphatic carboxylic acids is 1. The van der Waals surface area contributed by atoms with Crippen LogP contribution in [0.25, 0.3) is 0 Å². The van der Waals surface area contributed by atoms with Crippen molar-refractivity contribution in [3.8, 4) is 0 Å². The van der Waals surface area contributed by atoms with E-state index < -0.39 is 29.2 Å². The molecule has 3 unspecified atom stereocenters. The lowest BCUT2D eigenvalue weighted by Gasteiger charge is -2.49. The van der Waals surface area contributed by atoms with Gasteiger partial charge in [0.25, 0.3) is 11.8 Å². The number of allylic oxidation sites excluding steroid dienone is 1. The molecule has 202 valence electrons. The average Bonchev–Trinajstić information content (AvgIpc) is 3.44. The number of nitrogens with two attached hydrogens (primary N) is 1. The van der Waals surface area contributed by atoms with Crippen LogP contribution in [0.15, 0.2) is 38.4 Å². The number of oxime groups is 1. The van der Waals surface area contributed by atoms with Gasteiger partial charge < -0.3 is 26.3 Å². The topological polar surface area (TPSA) is 192 Å². The van der Waals surface area contributed by atoms with E-state index in [1.54, 1.807) is 23.5 Å². The molecule has 0 spiro atoms. The van der Waals surface area contributed by atoms with Crippen molar-refractivity contribution >= 4 is 85.5 Å². The zero-order valence-electron chi connectivity index (χ0n) is 20.1. The molecule has 38 heavy (non-hydrogen) atoms. The molecule has 1 aromatic heterocycles. The molecule has 4 rings (SSSR count). The number of nitrogens with one attached hydrogen (secondary N) is 2. The SMILES string of the molecule is CON=C(C(=O)NC1C(=O)N2C(C(=O)O)=C(C=CSC3=NN(C)C(NC(C)=O)S3)CSC12)c1csc(N)n1. The number of rotatable bonds is 8. The number of β-lactam (4-membered cyclic amide) rings is 1. The fourth-order valence-electron chi connectivity index (χ4n) is 3.57. The van der Waals surface area contributed by atoms with Gasteiger partial charge in [0, 0.05) is 25.1 Å². The Morgan fingerprint density at radius 2 is 2.13 bits per heavy atom. The van der Waals surface area contributed by atoms with E-state index in [1.807, 2.05) is 0 Å². The summed E-state index contributed by atoms with van der Waals surface area (Å²) < 4.78 is 0.666. The molecular weight excluding hydrogens is 577 g/mol. The van der Waals surface area contributed by atoms with Crippen LogP contribution in [0.3, 0.4) is 0 Å². The third kappa shape index (κ3) is 5.77. The molecular formula is C20H22N8O6S4. The van der Waals surface area contributed by atoms with Crippen LogP contribution >= 0.6 is 46.6 Å².